The Bertz CT molecular complexity index is 913. The van der Waals surface area contributed by atoms with E-state index >= 15 is 0 Å². The first-order chi connectivity index (χ1) is 12.3. The number of benzene rings is 1. The van der Waals surface area contributed by atoms with E-state index in [1.54, 1.807) is 0 Å². The van der Waals surface area contributed by atoms with Crippen LogP contribution in [0, 0.1) is 4.77 Å². The minimum absolute atomic E-state index is 0.403. The molecule has 1 saturated carbocycles. The fourth-order valence-electron chi connectivity index (χ4n) is 3.63. The molecule has 2 fully saturated rings. The third-order valence-corrected chi connectivity index (χ3v) is 5.70. The van der Waals surface area contributed by atoms with Crippen molar-refractivity contribution in [1.29, 1.82) is 0 Å². The third kappa shape index (κ3) is 2.91. The molecule has 2 aliphatic rings. The Hall–Kier alpha value is -1.99. The van der Waals surface area contributed by atoms with Crippen molar-refractivity contribution in [3.63, 3.8) is 0 Å². The fraction of sp³-hybridized carbons (Fsp3) is 0.500. The highest BCUT2D eigenvalue weighted by molar-refractivity contribution is 7.71. The number of likely N-dealkylation sites (tertiary alicyclic amines) is 1. The second-order valence-electron chi connectivity index (χ2n) is 7.11. The van der Waals surface area contributed by atoms with Crippen molar-refractivity contribution < 1.29 is 4.42 Å². The summed E-state index contributed by atoms with van der Waals surface area (Å²) >= 11 is 5.56. The minimum Gasteiger partial charge on any atom is -0.440 e. The summed E-state index contributed by atoms with van der Waals surface area (Å²) in [6.45, 7) is 2.81. The third-order valence-electron chi connectivity index (χ3n) is 5.28. The van der Waals surface area contributed by atoms with E-state index in [4.69, 9.17) is 16.6 Å². The fourth-order valence-corrected chi connectivity index (χ4v) is 3.93. The zero-order chi connectivity index (χ0) is 16.8. The van der Waals surface area contributed by atoms with Gasteiger partial charge in [-0.15, -0.1) is 0 Å². The average Bonchev–Trinajstić information content (AvgIpc) is 3.28. The van der Waals surface area contributed by atoms with Crippen LogP contribution in [0.15, 0.2) is 35.0 Å². The molecule has 5 rings (SSSR count). The molecule has 7 heteroatoms. The van der Waals surface area contributed by atoms with Gasteiger partial charge in [0.05, 0.1) is 6.67 Å². The van der Waals surface area contributed by atoms with Gasteiger partial charge >= 0.3 is 0 Å². The summed E-state index contributed by atoms with van der Waals surface area (Å²) in [7, 11) is 0. The van der Waals surface area contributed by atoms with E-state index in [9.17, 15) is 0 Å². The summed E-state index contributed by atoms with van der Waals surface area (Å²) in [6, 6.07) is 8.58. The van der Waals surface area contributed by atoms with Gasteiger partial charge in [-0.1, -0.05) is 12.1 Å². The second-order valence-corrected chi connectivity index (χ2v) is 7.47. The Kier molecular flexibility index (Phi) is 3.71. The van der Waals surface area contributed by atoms with E-state index in [1.165, 1.54) is 12.8 Å². The molecule has 0 unspecified atom stereocenters. The lowest BCUT2D eigenvalue weighted by Gasteiger charge is -2.30. The van der Waals surface area contributed by atoms with Gasteiger partial charge < -0.3 is 8.98 Å². The zero-order valence-electron chi connectivity index (χ0n) is 14.0. The molecule has 1 aliphatic heterocycles. The van der Waals surface area contributed by atoms with Crippen LogP contribution in [0.2, 0.25) is 0 Å². The molecule has 0 atom stereocenters. The van der Waals surface area contributed by atoms with Crippen LogP contribution in [0.4, 0.5) is 0 Å². The molecule has 1 aromatic carbocycles. The van der Waals surface area contributed by atoms with Gasteiger partial charge in [0, 0.05) is 25.0 Å². The summed E-state index contributed by atoms with van der Waals surface area (Å²) in [6.07, 6.45) is 6.48. The molecule has 25 heavy (non-hydrogen) atoms. The van der Waals surface area contributed by atoms with Crippen LogP contribution in [-0.4, -0.2) is 37.3 Å². The van der Waals surface area contributed by atoms with Crippen molar-refractivity contribution >= 4 is 23.3 Å². The minimum atomic E-state index is 0.403. The molecule has 0 radical (unpaired) electrons. The maximum absolute atomic E-state index is 5.95. The molecule has 0 spiro atoms. The summed E-state index contributed by atoms with van der Waals surface area (Å²) < 4.78 is 10.9. The Balaban J connectivity index is 1.24. The summed E-state index contributed by atoms with van der Waals surface area (Å²) in [4.78, 5) is 7.08. The van der Waals surface area contributed by atoms with E-state index in [1.807, 2.05) is 35.3 Å². The molecule has 1 saturated heterocycles. The number of para-hydroxylation sites is 2. The smallest absolute Gasteiger partial charge is 0.199 e. The van der Waals surface area contributed by atoms with Crippen LogP contribution in [0.1, 0.15) is 43.5 Å². The highest BCUT2D eigenvalue weighted by atomic mass is 32.1. The van der Waals surface area contributed by atoms with Crippen molar-refractivity contribution in [2.24, 2.45) is 0 Å². The first-order valence-corrected chi connectivity index (χ1v) is 9.40. The zero-order valence-corrected chi connectivity index (χ0v) is 14.9. The van der Waals surface area contributed by atoms with Crippen molar-refractivity contribution in [3.05, 3.63) is 41.3 Å². The molecule has 0 amide bonds. The van der Waals surface area contributed by atoms with Gasteiger partial charge in [-0.25, -0.2) is 9.67 Å². The molecule has 130 valence electrons. The molecule has 0 N–H and O–H groups in total. The molecule has 3 heterocycles. The lowest BCUT2D eigenvalue weighted by atomic mass is 9.97. The Labute approximate surface area is 151 Å². The molecular weight excluding hydrogens is 334 g/mol. The Morgan fingerprint density at radius 2 is 1.92 bits per heavy atom. The molecule has 3 aromatic rings. The summed E-state index contributed by atoms with van der Waals surface area (Å²) in [5.74, 6) is 1.29. The molecule has 6 nitrogen and oxygen atoms in total. The lowest BCUT2D eigenvalue weighted by Crippen LogP contribution is -2.35. The molecule has 2 aromatic heterocycles. The quantitative estimate of drug-likeness (QED) is 0.668. The van der Waals surface area contributed by atoms with Gasteiger partial charge in [0.25, 0.3) is 0 Å². The van der Waals surface area contributed by atoms with Crippen LogP contribution in [0.25, 0.3) is 11.1 Å². The number of fused-ring (bicyclic) bond motifs is 1. The predicted molar refractivity (Wildman–Crippen MR) is 96.9 cm³/mol. The number of hydrogen-bond acceptors (Lipinski definition) is 5. The second kappa shape index (κ2) is 6.07. The van der Waals surface area contributed by atoms with Crippen molar-refractivity contribution in [2.75, 3.05) is 13.1 Å². The van der Waals surface area contributed by atoms with Crippen LogP contribution in [0.5, 0.6) is 0 Å². The van der Waals surface area contributed by atoms with Crippen molar-refractivity contribution in [3.8, 4) is 0 Å². The number of piperidine rings is 1. The van der Waals surface area contributed by atoms with E-state index in [0.29, 0.717) is 12.0 Å². The van der Waals surface area contributed by atoms with E-state index in [2.05, 4.69) is 19.5 Å². The number of aromatic nitrogens is 4. The molecule has 1 aliphatic carbocycles. The summed E-state index contributed by atoms with van der Waals surface area (Å²) in [5, 5.41) is 4.48. The van der Waals surface area contributed by atoms with Crippen LogP contribution in [0.3, 0.4) is 0 Å². The number of rotatable bonds is 4. The largest absolute Gasteiger partial charge is 0.440 e. The highest BCUT2D eigenvalue weighted by Crippen LogP contribution is 2.35. The van der Waals surface area contributed by atoms with Gasteiger partial charge in [0.15, 0.2) is 16.2 Å². The van der Waals surface area contributed by atoms with Gasteiger partial charge in [-0.05, 0) is 50.0 Å². The van der Waals surface area contributed by atoms with E-state index in [-0.39, 0.29) is 0 Å². The normalized spacial score (nSPS) is 19.7. The van der Waals surface area contributed by atoms with Crippen molar-refractivity contribution in [2.45, 2.75) is 44.3 Å². The van der Waals surface area contributed by atoms with E-state index in [0.717, 1.165) is 54.4 Å². The first-order valence-electron chi connectivity index (χ1n) is 9.00. The standard InChI is InChI=1S/C18H21N5OS/c25-18-22(14-5-6-14)11-19-23(18)12-21-9-7-13(8-10-21)17-20-15-3-1-2-4-16(15)24-17/h1-4,11,13-14H,5-10,12H2. The average molecular weight is 355 g/mol. The predicted octanol–water partition coefficient (Wildman–Crippen LogP) is 3.73. The Morgan fingerprint density at radius 1 is 1.12 bits per heavy atom. The topological polar surface area (TPSA) is 52.0 Å². The van der Waals surface area contributed by atoms with Gasteiger partial charge in [0.1, 0.15) is 11.8 Å². The molecular formula is C18H21N5OS. The SMILES string of the molecule is S=c1n(C2CC2)cnn1CN1CCC(c2nc3ccccc3o2)CC1. The number of oxazole rings is 1. The monoisotopic (exact) mass is 355 g/mol. The van der Waals surface area contributed by atoms with Gasteiger partial charge in [-0.3, -0.25) is 4.90 Å². The molecule has 0 bridgehead atoms. The number of hydrogen-bond donors (Lipinski definition) is 0. The van der Waals surface area contributed by atoms with Crippen LogP contribution < -0.4 is 0 Å². The maximum Gasteiger partial charge on any atom is 0.199 e. The van der Waals surface area contributed by atoms with Crippen LogP contribution >= 0.6 is 12.2 Å². The summed E-state index contributed by atoms with van der Waals surface area (Å²) in [5.41, 5.74) is 1.84. The number of nitrogens with zero attached hydrogens (tertiary/aromatic N) is 5. The first kappa shape index (κ1) is 15.3. The van der Waals surface area contributed by atoms with Crippen molar-refractivity contribution in [1.82, 2.24) is 24.2 Å². The highest BCUT2D eigenvalue weighted by Gasteiger charge is 2.27. The van der Waals surface area contributed by atoms with Gasteiger partial charge in [-0.2, -0.15) is 5.10 Å². The lowest BCUT2D eigenvalue weighted by molar-refractivity contribution is 0.153. The maximum atomic E-state index is 5.95. The van der Waals surface area contributed by atoms with E-state index < -0.39 is 0 Å². The van der Waals surface area contributed by atoms with Crippen LogP contribution in [-0.2, 0) is 6.67 Å². The van der Waals surface area contributed by atoms with Gasteiger partial charge in [0.2, 0.25) is 0 Å². The Morgan fingerprint density at radius 3 is 2.68 bits per heavy atom.